The van der Waals surface area contributed by atoms with E-state index in [2.05, 4.69) is 10.6 Å². The Bertz CT molecular complexity index is 810. The van der Waals surface area contributed by atoms with Gasteiger partial charge in [0.05, 0.1) is 10.6 Å². The topological polar surface area (TPSA) is 61.4 Å². The molecule has 142 valence electrons. The van der Waals surface area contributed by atoms with Crippen LogP contribution in [0.3, 0.4) is 0 Å². The van der Waals surface area contributed by atoms with Crippen LogP contribution in [0.1, 0.15) is 28.8 Å². The second-order valence-corrected chi connectivity index (χ2v) is 7.14. The standard InChI is InChI=1S/C21H24ClN3O2/c1-23-16-8-9-19(22)18(13-16)21(27)24-17-11-12-25(14-17)20(26)10-7-15-5-3-2-4-6-15/h2-6,8-9,13,17,23H,7,10-12,14H2,1H3,(H,24,27). The minimum atomic E-state index is -0.208. The molecule has 2 aromatic rings. The van der Waals surface area contributed by atoms with Crippen molar-refractivity contribution in [3.8, 4) is 0 Å². The Hall–Kier alpha value is -2.53. The maximum Gasteiger partial charge on any atom is 0.253 e. The molecule has 0 aliphatic carbocycles. The number of carbonyl (C=O) groups excluding carboxylic acids is 2. The zero-order valence-electron chi connectivity index (χ0n) is 15.4. The van der Waals surface area contributed by atoms with E-state index in [-0.39, 0.29) is 17.9 Å². The van der Waals surface area contributed by atoms with E-state index in [1.54, 1.807) is 19.2 Å². The number of nitrogens with one attached hydrogen (secondary N) is 2. The van der Waals surface area contributed by atoms with Crippen molar-refractivity contribution >= 4 is 29.1 Å². The summed E-state index contributed by atoms with van der Waals surface area (Å²) in [7, 11) is 1.79. The van der Waals surface area contributed by atoms with E-state index >= 15 is 0 Å². The average Bonchev–Trinajstić information content (AvgIpc) is 3.15. The van der Waals surface area contributed by atoms with E-state index in [9.17, 15) is 9.59 Å². The van der Waals surface area contributed by atoms with E-state index < -0.39 is 0 Å². The molecule has 6 heteroatoms. The van der Waals surface area contributed by atoms with Crippen molar-refractivity contribution < 1.29 is 9.59 Å². The highest BCUT2D eigenvalue weighted by atomic mass is 35.5. The molecule has 1 heterocycles. The van der Waals surface area contributed by atoms with Gasteiger partial charge in [0.25, 0.3) is 5.91 Å². The molecular weight excluding hydrogens is 362 g/mol. The van der Waals surface area contributed by atoms with Gasteiger partial charge in [-0.15, -0.1) is 0 Å². The first-order valence-corrected chi connectivity index (χ1v) is 9.54. The fourth-order valence-electron chi connectivity index (χ4n) is 3.28. The zero-order valence-corrected chi connectivity index (χ0v) is 16.1. The van der Waals surface area contributed by atoms with Gasteiger partial charge >= 0.3 is 0 Å². The number of likely N-dealkylation sites (tertiary alicyclic amines) is 1. The van der Waals surface area contributed by atoms with Crippen molar-refractivity contribution in [2.24, 2.45) is 0 Å². The maximum absolute atomic E-state index is 12.6. The van der Waals surface area contributed by atoms with E-state index in [1.807, 2.05) is 41.3 Å². The van der Waals surface area contributed by atoms with Crippen LogP contribution in [0.25, 0.3) is 0 Å². The van der Waals surface area contributed by atoms with Gasteiger partial charge in [0.15, 0.2) is 0 Å². The minimum absolute atomic E-state index is 0.0486. The van der Waals surface area contributed by atoms with Crippen molar-refractivity contribution in [1.82, 2.24) is 10.2 Å². The third kappa shape index (κ3) is 5.01. The molecule has 1 saturated heterocycles. The number of hydrogen-bond acceptors (Lipinski definition) is 3. The summed E-state index contributed by atoms with van der Waals surface area (Å²) in [6.07, 6.45) is 1.98. The molecule has 1 atom stereocenters. The first-order chi connectivity index (χ1) is 13.1. The fraction of sp³-hybridized carbons (Fsp3) is 0.333. The van der Waals surface area contributed by atoms with Crippen molar-refractivity contribution in [3.05, 3.63) is 64.7 Å². The van der Waals surface area contributed by atoms with Crippen LogP contribution in [-0.2, 0) is 11.2 Å². The summed E-state index contributed by atoms with van der Waals surface area (Å²) in [5.41, 5.74) is 2.43. The maximum atomic E-state index is 12.6. The Kier molecular flexibility index (Phi) is 6.35. The monoisotopic (exact) mass is 385 g/mol. The van der Waals surface area contributed by atoms with Gasteiger partial charge in [-0.2, -0.15) is 0 Å². The molecule has 1 aliphatic heterocycles. The van der Waals surface area contributed by atoms with E-state index in [4.69, 9.17) is 11.6 Å². The number of halogens is 1. The van der Waals surface area contributed by atoms with E-state index in [0.717, 1.165) is 24.1 Å². The van der Waals surface area contributed by atoms with E-state index in [1.165, 1.54) is 0 Å². The second-order valence-electron chi connectivity index (χ2n) is 6.73. The Balaban J connectivity index is 1.52. The normalized spacial score (nSPS) is 16.2. The molecule has 2 aromatic carbocycles. The van der Waals surface area contributed by atoms with Crippen LogP contribution in [-0.4, -0.2) is 42.9 Å². The van der Waals surface area contributed by atoms with Crippen LogP contribution in [0.5, 0.6) is 0 Å². The Morgan fingerprint density at radius 2 is 1.96 bits per heavy atom. The van der Waals surface area contributed by atoms with Crippen molar-refractivity contribution in [2.75, 3.05) is 25.5 Å². The predicted octanol–water partition coefficient (Wildman–Crippen LogP) is 3.35. The summed E-state index contributed by atoms with van der Waals surface area (Å²) in [4.78, 5) is 26.8. The van der Waals surface area contributed by atoms with Gasteiger partial charge < -0.3 is 15.5 Å². The second kappa shape index (κ2) is 8.91. The number of amides is 2. The zero-order chi connectivity index (χ0) is 19.2. The molecule has 2 N–H and O–H groups in total. The van der Waals surface area contributed by atoms with Gasteiger partial charge in [0.2, 0.25) is 5.91 Å². The van der Waals surface area contributed by atoms with Crippen LogP contribution < -0.4 is 10.6 Å². The lowest BCUT2D eigenvalue weighted by Gasteiger charge is -2.17. The van der Waals surface area contributed by atoms with Gasteiger partial charge in [-0.3, -0.25) is 9.59 Å². The van der Waals surface area contributed by atoms with Crippen LogP contribution in [0, 0.1) is 0 Å². The number of nitrogens with zero attached hydrogens (tertiary/aromatic N) is 1. The summed E-state index contributed by atoms with van der Waals surface area (Å²) in [6.45, 7) is 1.21. The number of hydrogen-bond donors (Lipinski definition) is 2. The highest BCUT2D eigenvalue weighted by Gasteiger charge is 2.27. The molecule has 1 aliphatic rings. The first-order valence-electron chi connectivity index (χ1n) is 9.16. The first kappa shape index (κ1) is 19.2. The van der Waals surface area contributed by atoms with Crippen molar-refractivity contribution in [2.45, 2.75) is 25.3 Å². The minimum Gasteiger partial charge on any atom is -0.388 e. The molecule has 1 fully saturated rings. The quantitative estimate of drug-likeness (QED) is 0.801. The molecule has 0 radical (unpaired) electrons. The van der Waals surface area contributed by atoms with Crippen LogP contribution in [0.4, 0.5) is 5.69 Å². The Labute approximate surface area is 164 Å². The number of carbonyl (C=O) groups is 2. The Morgan fingerprint density at radius 3 is 2.70 bits per heavy atom. The third-order valence-electron chi connectivity index (χ3n) is 4.85. The lowest BCUT2D eigenvalue weighted by atomic mass is 10.1. The van der Waals surface area contributed by atoms with E-state index in [0.29, 0.717) is 30.1 Å². The number of benzene rings is 2. The SMILES string of the molecule is CNc1ccc(Cl)c(C(=O)NC2CCN(C(=O)CCc3ccccc3)C2)c1. The molecule has 3 rings (SSSR count). The number of rotatable bonds is 6. The molecular formula is C21H24ClN3O2. The van der Waals surface area contributed by atoms with Crippen LogP contribution in [0.2, 0.25) is 5.02 Å². The van der Waals surface area contributed by atoms with Crippen LogP contribution >= 0.6 is 11.6 Å². The van der Waals surface area contributed by atoms with Gasteiger partial charge in [0.1, 0.15) is 0 Å². The highest BCUT2D eigenvalue weighted by Crippen LogP contribution is 2.21. The fourth-order valence-corrected chi connectivity index (χ4v) is 3.48. The summed E-state index contributed by atoms with van der Waals surface area (Å²) in [6, 6.07) is 15.2. The van der Waals surface area contributed by atoms with Gasteiger partial charge in [-0.05, 0) is 36.6 Å². The number of aryl methyl sites for hydroxylation is 1. The molecule has 27 heavy (non-hydrogen) atoms. The molecule has 0 spiro atoms. The summed E-state index contributed by atoms with van der Waals surface area (Å²) in [5, 5.41) is 6.42. The molecule has 2 amide bonds. The van der Waals surface area contributed by atoms with Gasteiger partial charge in [-0.25, -0.2) is 0 Å². The van der Waals surface area contributed by atoms with Crippen molar-refractivity contribution in [3.63, 3.8) is 0 Å². The van der Waals surface area contributed by atoms with Gasteiger partial charge in [0, 0.05) is 38.3 Å². The molecule has 5 nitrogen and oxygen atoms in total. The molecule has 0 aromatic heterocycles. The summed E-state index contributed by atoms with van der Waals surface area (Å²) >= 11 is 6.16. The highest BCUT2D eigenvalue weighted by molar-refractivity contribution is 6.34. The Morgan fingerprint density at radius 1 is 1.19 bits per heavy atom. The lowest BCUT2D eigenvalue weighted by molar-refractivity contribution is -0.130. The summed E-state index contributed by atoms with van der Waals surface area (Å²) < 4.78 is 0. The van der Waals surface area contributed by atoms with Gasteiger partial charge in [-0.1, -0.05) is 41.9 Å². The lowest BCUT2D eigenvalue weighted by Crippen LogP contribution is -2.38. The molecule has 0 bridgehead atoms. The molecule has 1 unspecified atom stereocenters. The predicted molar refractivity (Wildman–Crippen MR) is 108 cm³/mol. The third-order valence-corrected chi connectivity index (χ3v) is 5.18. The summed E-state index contributed by atoms with van der Waals surface area (Å²) in [5.74, 6) is -0.0773. The largest absolute Gasteiger partial charge is 0.388 e. The van der Waals surface area contributed by atoms with Crippen LogP contribution in [0.15, 0.2) is 48.5 Å². The smallest absolute Gasteiger partial charge is 0.253 e. The number of anilines is 1. The van der Waals surface area contributed by atoms with Crippen molar-refractivity contribution in [1.29, 1.82) is 0 Å². The average molecular weight is 386 g/mol. The molecule has 0 saturated carbocycles.